The first-order valence-electron chi connectivity index (χ1n) is 9.63. The Hall–Kier alpha value is -2.29. The molecule has 0 spiro atoms. The minimum atomic E-state index is 0.251. The van der Waals surface area contributed by atoms with Gasteiger partial charge in [0.1, 0.15) is 0 Å². The van der Waals surface area contributed by atoms with Crippen LogP contribution in [0.1, 0.15) is 56.2 Å². The number of fused-ring (bicyclic) bond motifs is 3. The van der Waals surface area contributed by atoms with Gasteiger partial charge in [-0.05, 0) is 50.7 Å². The van der Waals surface area contributed by atoms with Crippen LogP contribution in [0.3, 0.4) is 0 Å². The molecule has 1 aromatic heterocycles. The summed E-state index contributed by atoms with van der Waals surface area (Å²) in [5.74, 6) is 0.558. The average molecular weight is 332 g/mol. The number of hydrogen-bond acceptors (Lipinski definition) is 1. The molecule has 5 rings (SSSR count). The zero-order valence-corrected chi connectivity index (χ0v) is 14.6. The molecule has 0 unspecified atom stereocenters. The molecular formula is C22H24N2O. The summed E-state index contributed by atoms with van der Waals surface area (Å²) in [4.78, 5) is 14.6. The highest BCUT2D eigenvalue weighted by Gasteiger charge is 2.31. The molecule has 1 aliphatic heterocycles. The van der Waals surface area contributed by atoms with E-state index in [-0.39, 0.29) is 5.92 Å². The minimum Gasteiger partial charge on any atom is -0.314 e. The summed E-state index contributed by atoms with van der Waals surface area (Å²) in [5.41, 5.74) is 5.28. The molecule has 0 radical (unpaired) electrons. The predicted molar refractivity (Wildman–Crippen MR) is 102 cm³/mol. The molecule has 2 heterocycles. The largest absolute Gasteiger partial charge is 0.314 e. The van der Waals surface area contributed by atoms with Gasteiger partial charge >= 0.3 is 0 Å². The molecule has 3 aliphatic rings. The van der Waals surface area contributed by atoms with Crippen molar-refractivity contribution in [3.05, 3.63) is 47.8 Å². The van der Waals surface area contributed by atoms with E-state index in [2.05, 4.69) is 41.0 Å². The second kappa shape index (κ2) is 5.91. The van der Waals surface area contributed by atoms with E-state index in [1.165, 1.54) is 53.5 Å². The van der Waals surface area contributed by atoms with Gasteiger partial charge in [0.15, 0.2) is 0 Å². The molecule has 0 bridgehead atoms. The number of carbonyl (C=O) groups is 1. The van der Waals surface area contributed by atoms with Crippen LogP contribution in [0, 0.1) is 5.92 Å². The molecule has 1 aromatic carbocycles. The Morgan fingerprint density at radius 2 is 1.96 bits per heavy atom. The molecule has 1 saturated carbocycles. The summed E-state index contributed by atoms with van der Waals surface area (Å²) >= 11 is 0. The first kappa shape index (κ1) is 15.0. The van der Waals surface area contributed by atoms with Gasteiger partial charge in [0.2, 0.25) is 5.91 Å². The number of nitrogens with zero attached hydrogens (tertiary/aromatic N) is 2. The van der Waals surface area contributed by atoms with Gasteiger partial charge in [-0.1, -0.05) is 30.7 Å². The number of aromatic nitrogens is 1. The van der Waals surface area contributed by atoms with Gasteiger partial charge in [-0.3, -0.25) is 4.79 Å². The van der Waals surface area contributed by atoms with Crippen LogP contribution in [0.15, 0.2) is 36.5 Å². The maximum absolute atomic E-state index is 12.7. The Balaban J connectivity index is 1.60. The lowest BCUT2D eigenvalue weighted by molar-refractivity contribution is -0.135. The van der Waals surface area contributed by atoms with Gasteiger partial charge < -0.3 is 9.47 Å². The summed E-state index contributed by atoms with van der Waals surface area (Å²) in [6.45, 7) is 0.710. The number of rotatable bonds is 2. The third-order valence-corrected chi connectivity index (χ3v) is 6.05. The van der Waals surface area contributed by atoms with Gasteiger partial charge in [0.05, 0.1) is 17.8 Å². The molecule has 0 saturated heterocycles. The van der Waals surface area contributed by atoms with Crippen molar-refractivity contribution >= 4 is 28.6 Å². The van der Waals surface area contributed by atoms with E-state index in [4.69, 9.17) is 0 Å². The van der Waals surface area contributed by atoms with Gasteiger partial charge in [-0.15, -0.1) is 0 Å². The number of carbonyl (C=O) groups excluding carboxylic acids is 1. The summed E-state index contributed by atoms with van der Waals surface area (Å²) in [6.07, 6.45) is 14.8. The molecule has 3 heteroatoms. The van der Waals surface area contributed by atoms with Crippen LogP contribution in [-0.4, -0.2) is 15.4 Å². The van der Waals surface area contributed by atoms with Gasteiger partial charge in [-0.25, -0.2) is 0 Å². The fourth-order valence-corrected chi connectivity index (χ4v) is 4.43. The lowest BCUT2D eigenvalue weighted by Gasteiger charge is -2.31. The summed E-state index contributed by atoms with van der Waals surface area (Å²) < 4.78 is 2.44. The Morgan fingerprint density at radius 1 is 1.08 bits per heavy atom. The van der Waals surface area contributed by atoms with E-state index < -0.39 is 0 Å². The number of amides is 1. The monoisotopic (exact) mass is 332 g/mol. The summed E-state index contributed by atoms with van der Waals surface area (Å²) in [5, 5.41) is 1.29. The Kier molecular flexibility index (Phi) is 3.54. The molecule has 128 valence electrons. The van der Waals surface area contributed by atoms with E-state index in [1.54, 1.807) is 0 Å². The topological polar surface area (TPSA) is 25.2 Å². The number of hydrogen-bond donors (Lipinski definition) is 0. The van der Waals surface area contributed by atoms with Crippen molar-refractivity contribution in [2.45, 2.75) is 51.5 Å². The molecule has 25 heavy (non-hydrogen) atoms. The van der Waals surface area contributed by atoms with E-state index in [0.29, 0.717) is 12.5 Å². The van der Waals surface area contributed by atoms with Crippen LogP contribution in [0.25, 0.3) is 22.7 Å². The SMILES string of the molecule is O=C(C1CCC1)N1C=Cc2c(c3ccccc3n2C2=CCCCC2)C1. The summed E-state index contributed by atoms with van der Waals surface area (Å²) in [7, 11) is 0. The molecule has 1 fully saturated rings. The van der Waals surface area contributed by atoms with Crippen LogP contribution >= 0.6 is 0 Å². The molecular weight excluding hydrogens is 308 g/mol. The minimum absolute atomic E-state index is 0.251. The molecule has 0 atom stereocenters. The van der Waals surface area contributed by atoms with Crippen molar-refractivity contribution in [1.82, 2.24) is 9.47 Å². The molecule has 0 N–H and O–H groups in total. The normalized spacial score (nSPS) is 20.3. The number of allylic oxidation sites excluding steroid dienone is 2. The first-order chi connectivity index (χ1) is 12.3. The van der Waals surface area contributed by atoms with E-state index in [9.17, 15) is 4.79 Å². The molecule has 1 amide bonds. The summed E-state index contributed by atoms with van der Waals surface area (Å²) in [6, 6.07) is 8.65. The van der Waals surface area contributed by atoms with E-state index in [1.807, 2.05) is 11.1 Å². The Bertz CT molecular complexity index is 898. The maximum atomic E-state index is 12.7. The third-order valence-electron chi connectivity index (χ3n) is 6.05. The van der Waals surface area contributed by atoms with Gasteiger partial charge in [0, 0.05) is 28.8 Å². The van der Waals surface area contributed by atoms with Crippen LogP contribution in [0.4, 0.5) is 0 Å². The highest BCUT2D eigenvalue weighted by molar-refractivity contribution is 5.93. The first-order valence-corrected chi connectivity index (χ1v) is 9.63. The fraction of sp³-hybridized carbons (Fsp3) is 0.409. The van der Waals surface area contributed by atoms with Gasteiger partial charge in [-0.2, -0.15) is 0 Å². The quantitative estimate of drug-likeness (QED) is 0.745. The third kappa shape index (κ3) is 2.37. The lowest BCUT2D eigenvalue weighted by atomic mass is 9.84. The van der Waals surface area contributed by atoms with Crippen LogP contribution in [-0.2, 0) is 11.3 Å². The van der Waals surface area contributed by atoms with E-state index >= 15 is 0 Å². The Morgan fingerprint density at radius 3 is 2.72 bits per heavy atom. The number of benzene rings is 1. The van der Waals surface area contributed by atoms with Crippen LogP contribution in [0.5, 0.6) is 0 Å². The van der Waals surface area contributed by atoms with Crippen molar-refractivity contribution in [3.63, 3.8) is 0 Å². The highest BCUT2D eigenvalue weighted by Crippen LogP contribution is 2.37. The standard InChI is InChI=1S/C22H24N2O/c25-22(16-7-6-8-16)23-14-13-21-19(15-23)18-11-4-5-12-20(18)24(21)17-9-2-1-3-10-17/h4-5,9,11-14,16H,1-3,6-8,10,15H2. The average Bonchev–Trinajstić information content (AvgIpc) is 2.94. The number of para-hydroxylation sites is 1. The van der Waals surface area contributed by atoms with E-state index in [0.717, 1.165) is 19.3 Å². The predicted octanol–water partition coefficient (Wildman–Crippen LogP) is 5.17. The van der Waals surface area contributed by atoms with Gasteiger partial charge in [0.25, 0.3) is 0 Å². The van der Waals surface area contributed by atoms with Crippen molar-refractivity contribution in [1.29, 1.82) is 0 Å². The van der Waals surface area contributed by atoms with Crippen LogP contribution in [0.2, 0.25) is 0 Å². The van der Waals surface area contributed by atoms with Crippen molar-refractivity contribution < 1.29 is 4.79 Å². The Labute approximate surface area is 148 Å². The smallest absolute Gasteiger partial charge is 0.229 e. The lowest BCUT2D eigenvalue weighted by Crippen LogP contribution is -2.36. The van der Waals surface area contributed by atoms with Crippen molar-refractivity contribution in [2.75, 3.05) is 0 Å². The van der Waals surface area contributed by atoms with Crippen molar-refractivity contribution in [3.8, 4) is 0 Å². The fourth-order valence-electron chi connectivity index (χ4n) is 4.43. The zero-order valence-electron chi connectivity index (χ0n) is 14.6. The second-order valence-electron chi connectivity index (χ2n) is 7.57. The zero-order chi connectivity index (χ0) is 16.8. The molecule has 2 aliphatic carbocycles. The highest BCUT2D eigenvalue weighted by atomic mass is 16.2. The molecule has 3 nitrogen and oxygen atoms in total. The second-order valence-corrected chi connectivity index (χ2v) is 7.57. The van der Waals surface area contributed by atoms with Crippen molar-refractivity contribution in [2.24, 2.45) is 5.92 Å². The maximum Gasteiger partial charge on any atom is 0.229 e. The van der Waals surface area contributed by atoms with Crippen LogP contribution < -0.4 is 0 Å². The molecule has 2 aromatic rings.